The molecule has 4 aliphatic rings. The van der Waals surface area contributed by atoms with Gasteiger partial charge in [0.1, 0.15) is 11.4 Å². The SMILES string of the molecule is COCCC1CC=C(c2ccc3c(c2)CCC2(CCN(C4CCC4)CC2)O3)C=C1Cl.NC=O. The number of hydrogen-bond donors (Lipinski definition) is 1. The van der Waals surface area contributed by atoms with Gasteiger partial charge in [-0.05, 0) is 86.3 Å². The van der Waals surface area contributed by atoms with Crippen LogP contribution in [0.4, 0.5) is 0 Å². The van der Waals surface area contributed by atoms with E-state index in [1.54, 1.807) is 7.11 Å². The molecule has 2 fully saturated rings. The zero-order valence-corrected chi connectivity index (χ0v) is 20.5. The van der Waals surface area contributed by atoms with E-state index in [1.165, 1.54) is 61.9 Å². The Morgan fingerprint density at radius 2 is 2.03 bits per heavy atom. The van der Waals surface area contributed by atoms with E-state index in [-0.39, 0.29) is 12.0 Å². The number of carbonyl (C=O) groups excluding carboxylic acids is 1. The van der Waals surface area contributed by atoms with Crippen molar-refractivity contribution in [3.05, 3.63) is 46.5 Å². The number of piperidine rings is 1. The zero-order chi connectivity index (χ0) is 23.3. The normalized spacial score (nSPS) is 24.4. The molecule has 1 spiro atoms. The van der Waals surface area contributed by atoms with Crippen LogP contribution in [0.25, 0.3) is 5.57 Å². The molecule has 1 atom stereocenters. The number of ether oxygens (including phenoxy) is 2. The molecule has 1 aromatic carbocycles. The molecule has 2 aliphatic heterocycles. The second-order valence-corrected chi connectivity index (χ2v) is 10.2. The predicted molar refractivity (Wildman–Crippen MR) is 133 cm³/mol. The molecule has 180 valence electrons. The predicted octanol–water partition coefficient (Wildman–Crippen LogP) is 5.06. The number of amides is 1. The molecular weight excluding hydrogens is 436 g/mol. The lowest BCUT2D eigenvalue weighted by molar-refractivity contribution is -0.106. The number of likely N-dealkylation sites (tertiary alicyclic amines) is 1. The number of hydrogen-bond acceptors (Lipinski definition) is 4. The zero-order valence-electron chi connectivity index (χ0n) is 19.7. The Morgan fingerprint density at radius 1 is 1.27 bits per heavy atom. The highest BCUT2D eigenvalue weighted by Crippen LogP contribution is 2.42. The average Bonchev–Trinajstić information content (AvgIpc) is 2.79. The lowest BCUT2D eigenvalue weighted by Gasteiger charge is -2.48. The fraction of sp³-hybridized carbons (Fsp3) is 0.593. The van der Waals surface area contributed by atoms with Crippen molar-refractivity contribution in [3.8, 4) is 5.75 Å². The van der Waals surface area contributed by atoms with Crippen LogP contribution in [0.5, 0.6) is 5.75 Å². The first-order valence-corrected chi connectivity index (χ1v) is 12.7. The topological polar surface area (TPSA) is 64.8 Å². The Labute approximate surface area is 202 Å². The molecule has 1 unspecified atom stereocenters. The molecule has 6 heteroatoms. The Bertz CT molecular complexity index is 885. The highest BCUT2D eigenvalue weighted by molar-refractivity contribution is 6.30. The molecule has 1 aromatic rings. The number of nitrogens with zero attached hydrogens (tertiary/aromatic N) is 1. The third-order valence-electron chi connectivity index (χ3n) is 7.85. The quantitative estimate of drug-likeness (QED) is 0.608. The summed E-state index contributed by atoms with van der Waals surface area (Å²) in [6.07, 6.45) is 15.5. The summed E-state index contributed by atoms with van der Waals surface area (Å²) in [6.45, 7) is 3.17. The fourth-order valence-electron chi connectivity index (χ4n) is 5.53. The summed E-state index contributed by atoms with van der Waals surface area (Å²) < 4.78 is 11.9. The summed E-state index contributed by atoms with van der Waals surface area (Å²) >= 11 is 6.59. The van der Waals surface area contributed by atoms with Gasteiger partial charge in [0.05, 0.1) is 0 Å². The summed E-state index contributed by atoms with van der Waals surface area (Å²) in [4.78, 5) is 11.3. The first-order valence-electron chi connectivity index (χ1n) is 12.4. The number of fused-ring (bicyclic) bond motifs is 1. The molecular formula is C27H37ClN2O3. The molecule has 2 aliphatic carbocycles. The number of nitrogens with two attached hydrogens (primary N) is 1. The van der Waals surface area contributed by atoms with Gasteiger partial charge in [0.25, 0.3) is 0 Å². The lowest BCUT2D eigenvalue weighted by atomic mass is 9.80. The number of primary amides is 1. The van der Waals surface area contributed by atoms with Crippen molar-refractivity contribution in [1.29, 1.82) is 0 Å². The van der Waals surface area contributed by atoms with Crippen LogP contribution in [-0.4, -0.2) is 49.8 Å². The van der Waals surface area contributed by atoms with Crippen molar-refractivity contribution in [1.82, 2.24) is 4.90 Å². The van der Waals surface area contributed by atoms with Gasteiger partial charge in [0.15, 0.2) is 0 Å². The van der Waals surface area contributed by atoms with Crippen LogP contribution < -0.4 is 10.5 Å². The maximum atomic E-state index is 8.58. The van der Waals surface area contributed by atoms with Crippen molar-refractivity contribution < 1.29 is 14.3 Å². The van der Waals surface area contributed by atoms with Gasteiger partial charge in [-0.1, -0.05) is 30.2 Å². The van der Waals surface area contributed by atoms with E-state index in [0.29, 0.717) is 5.92 Å². The number of aryl methyl sites for hydroxylation is 1. The number of carbonyl (C=O) groups is 1. The van der Waals surface area contributed by atoms with Gasteiger partial charge in [0.2, 0.25) is 6.41 Å². The second kappa shape index (κ2) is 11.1. The number of halogens is 1. The van der Waals surface area contributed by atoms with E-state index in [9.17, 15) is 0 Å². The van der Waals surface area contributed by atoms with Gasteiger partial charge in [-0.25, -0.2) is 0 Å². The summed E-state index contributed by atoms with van der Waals surface area (Å²) in [5.74, 6) is 1.49. The van der Waals surface area contributed by atoms with Crippen LogP contribution in [0.15, 0.2) is 35.4 Å². The highest BCUT2D eigenvalue weighted by atomic mass is 35.5. The van der Waals surface area contributed by atoms with Crippen molar-refractivity contribution >= 4 is 23.6 Å². The minimum atomic E-state index is 0.0661. The minimum absolute atomic E-state index is 0.0661. The number of benzene rings is 1. The monoisotopic (exact) mass is 472 g/mol. The molecule has 1 amide bonds. The molecule has 0 radical (unpaired) electrons. The van der Waals surface area contributed by atoms with Gasteiger partial charge in [-0.15, -0.1) is 0 Å². The molecule has 0 bridgehead atoms. The fourth-order valence-corrected chi connectivity index (χ4v) is 5.84. The number of methoxy groups -OCH3 is 1. The van der Waals surface area contributed by atoms with Crippen LogP contribution in [0.2, 0.25) is 0 Å². The van der Waals surface area contributed by atoms with Crippen molar-refractivity contribution in [2.75, 3.05) is 26.8 Å². The molecule has 1 saturated heterocycles. The maximum Gasteiger partial charge on any atom is 0.204 e. The van der Waals surface area contributed by atoms with E-state index in [4.69, 9.17) is 25.9 Å². The minimum Gasteiger partial charge on any atom is -0.487 e. The van der Waals surface area contributed by atoms with E-state index in [1.807, 2.05) is 0 Å². The second-order valence-electron chi connectivity index (χ2n) is 9.77. The van der Waals surface area contributed by atoms with Crippen LogP contribution in [0.3, 0.4) is 0 Å². The van der Waals surface area contributed by atoms with Crippen LogP contribution >= 0.6 is 11.6 Å². The Balaban J connectivity index is 0.000000821. The van der Waals surface area contributed by atoms with Crippen LogP contribution in [0.1, 0.15) is 62.5 Å². The molecule has 0 aromatic heterocycles. The largest absolute Gasteiger partial charge is 0.487 e. The molecule has 2 N–H and O–H groups in total. The number of rotatable bonds is 5. The van der Waals surface area contributed by atoms with Gasteiger partial charge in [-0.3, -0.25) is 4.79 Å². The van der Waals surface area contributed by atoms with E-state index >= 15 is 0 Å². The van der Waals surface area contributed by atoms with Crippen molar-refractivity contribution in [3.63, 3.8) is 0 Å². The van der Waals surface area contributed by atoms with Gasteiger partial charge >= 0.3 is 0 Å². The highest BCUT2D eigenvalue weighted by Gasteiger charge is 2.41. The molecule has 33 heavy (non-hydrogen) atoms. The molecule has 5 rings (SSSR count). The van der Waals surface area contributed by atoms with E-state index in [2.05, 4.69) is 41.0 Å². The van der Waals surface area contributed by atoms with Gasteiger partial charge < -0.3 is 20.1 Å². The van der Waals surface area contributed by atoms with Crippen molar-refractivity contribution in [2.24, 2.45) is 11.7 Å². The summed E-state index contributed by atoms with van der Waals surface area (Å²) in [5, 5.41) is 0.954. The first-order chi connectivity index (χ1) is 16.1. The van der Waals surface area contributed by atoms with Crippen LogP contribution in [0, 0.1) is 5.92 Å². The maximum absolute atomic E-state index is 8.58. The third-order valence-corrected chi connectivity index (χ3v) is 8.26. The average molecular weight is 473 g/mol. The van der Waals surface area contributed by atoms with Crippen LogP contribution in [-0.2, 0) is 16.0 Å². The van der Waals surface area contributed by atoms with Crippen molar-refractivity contribution in [2.45, 2.75) is 69.4 Å². The smallest absolute Gasteiger partial charge is 0.204 e. The first kappa shape index (κ1) is 24.3. The van der Waals surface area contributed by atoms with Gasteiger partial charge in [-0.2, -0.15) is 0 Å². The Hall–Kier alpha value is -1.82. The van der Waals surface area contributed by atoms with Gasteiger partial charge in [0, 0.05) is 43.8 Å². The molecule has 5 nitrogen and oxygen atoms in total. The molecule has 1 saturated carbocycles. The standard InChI is InChI=1S/C26H34ClNO2.CH3NO/c1-29-16-10-19-5-6-21(18-24(19)27)20-7-8-25-22(17-20)9-11-26(30-25)12-14-28(15-13-26)23-3-2-4-23;2-1-3/h6-8,17-19,23H,2-5,9-16H2,1H3;1H,(H2,2,3). The summed E-state index contributed by atoms with van der Waals surface area (Å²) in [6, 6.07) is 7.60. The van der Waals surface area contributed by atoms with E-state index < -0.39 is 0 Å². The Kier molecular flexibility index (Phi) is 8.15. The molecule has 2 heterocycles. The van der Waals surface area contributed by atoms with E-state index in [0.717, 1.165) is 49.1 Å². The third kappa shape index (κ3) is 5.64. The summed E-state index contributed by atoms with van der Waals surface area (Å²) in [5.41, 5.74) is 8.09. The summed E-state index contributed by atoms with van der Waals surface area (Å²) in [7, 11) is 1.75. The Morgan fingerprint density at radius 3 is 2.67 bits per heavy atom. The lowest BCUT2D eigenvalue weighted by Crippen LogP contribution is -2.53. The number of allylic oxidation sites excluding steroid dienone is 4.